The van der Waals surface area contributed by atoms with Crippen LogP contribution >= 0.6 is 11.6 Å². The number of aliphatic hydroxyl groups is 1. The van der Waals surface area contributed by atoms with Gasteiger partial charge in [0.05, 0.1) is 6.61 Å². The van der Waals surface area contributed by atoms with Crippen LogP contribution in [0.25, 0.3) is 11.0 Å². The molecule has 1 aliphatic heterocycles. The van der Waals surface area contributed by atoms with Gasteiger partial charge in [0.15, 0.2) is 0 Å². The smallest absolute Gasteiger partial charge is 0.139 e. The number of morpholine rings is 1. The van der Waals surface area contributed by atoms with Crippen LogP contribution in [0.3, 0.4) is 0 Å². The molecular formula is C16H20ClNO3. The van der Waals surface area contributed by atoms with E-state index < -0.39 is 6.10 Å². The van der Waals surface area contributed by atoms with Crippen LogP contribution in [-0.2, 0) is 4.74 Å². The predicted octanol–water partition coefficient (Wildman–Crippen LogP) is 3.23. The van der Waals surface area contributed by atoms with Crippen molar-refractivity contribution in [2.75, 3.05) is 26.2 Å². The molecule has 1 aromatic carbocycles. The lowest BCUT2D eigenvalue weighted by Crippen LogP contribution is -2.45. The number of ether oxygens (including phenoxy) is 1. The first kappa shape index (κ1) is 14.9. The molecule has 0 spiro atoms. The van der Waals surface area contributed by atoms with Gasteiger partial charge in [0, 0.05) is 23.5 Å². The highest BCUT2D eigenvalue weighted by molar-refractivity contribution is 6.31. The molecule has 1 N–H and O–H groups in total. The maximum Gasteiger partial charge on any atom is 0.139 e. The van der Waals surface area contributed by atoms with Crippen molar-refractivity contribution in [3.63, 3.8) is 0 Å². The standard InChI is InChI=1S/C16H20ClNO3/c1-2-5-18-6-7-20-15(10-18)16(19)14-9-11-8-12(17)3-4-13(11)21-14/h3-4,8-9,15-16,19H,2,5-7,10H2,1H3. The summed E-state index contributed by atoms with van der Waals surface area (Å²) in [5, 5.41) is 12.1. The van der Waals surface area contributed by atoms with E-state index in [1.807, 2.05) is 18.2 Å². The van der Waals surface area contributed by atoms with Gasteiger partial charge in [-0.1, -0.05) is 18.5 Å². The van der Waals surface area contributed by atoms with Crippen LogP contribution in [0, 0.1) is 0 Å². The van der Waals surface area contributed by atoms with Crippen LogP contribution in [0.15, 0.2) is 28.7 Å². The number of nitrogens with zero attached hydrogens (tertiary/aromatic N) is 1. The number of fused-ring (bicyclic) bond motifs is 1. The van der Waals surface area contributed by atoms with Gasteiger partial charge in [0.25, 0.3) is 0 Å². The Kier molecular flexibility index (Phi) is 4.50. The molecule has 1 fully saturated rings. The molecule has 4 nitrogen and oxygen atoms in total. The predicted molar refractivity (Wildman–Crippen MR) is 82.7 cm³/mol. The molecular weight excluding hydrogens is 290 g/mol. The SMILES string of the molecule is CCCN1CCOC(C(O)c2cc3cc(Cl)ccc3o2)C1. The first-order chi connectivity index (χ1) is 10.2. The topological polar surface area (TPSA) is 45.8 Å². The summed E-state index contributed by atoms with van der Waals surface area (Å²) in [6.07, 6.45) is 0.101. The summed E-state index contributed by atoms with van der Waals surface area (Å²) in [5.74, 6) is 0.538. The highest BCUT2D eigenvalue weighted by atomic mass is 35.5. The van der Waals surface area contributed by atoms with E-state index >= 15 is 0 Å². The van der Waals surface area contributed by atoms with Gasteiger partial charge >= 0.3 is 0 Å². The number of furan rings is 1. The van der Waals surface area contributed by atoms with Crippen LogP contribution in [0.5, 0.6) is 0 Å². The summed E-state index contributed by atoms with van der Waals surface area (Å²) in [6, 6.07) is 7.28. The second kappa shape index (κ2) is 6.36. The molecule has 2 atom stereocenters. The van der Waals surface area contributed by atoms with Crippen molar-refractivity contribution >= 4 is 22.6 Å². The number of aliphatic hydroxyl groups excluding tert-OH is 1. The number of hydrogen-bond acceptors (Lipinski definition) is 4. The van der Waals surface area contributed by atoms with E-state index in [4.69, 9.17) is 20.8 Å². The minimum absolute atomic E-state index is 0.249. The van der Waals surface area contributed by atoms with E-state index in [0.29, 0.717) is 17.4 Å². The fraction of sp³-hybridized carbons (Fsp3) is 0.500. The normalized spacial score (nSPS) is 21.8. The summed E-state index contributed by atoms with van der Waals surface area (Å²) in [7, 11) is 0. The van der Waals surface area contributed by atoms with E-state index in [1.165, 1.54) is 0 Å². The Morgan fingerprint density at radius 1 is 1.43 bits per heavy atom. The fourth-order valence-corrected chi connectivity index (χ4v) is 2.99. The van der Waals surface area contributed by atoms with Crippen molar-refractivity contribution in [1.29, 1.82) is 0 Å². The Morgan fingerprint density at radius 3 is 3.10 bits per heavy atom. The van der Waals surface area contributed by atoms with Crippen molar-refractivity contribution < 1.29 is 14.3 Å². The van der Waals surface area contributed by atoms with E-state index in [0.717, 1.165) is 37.0 Å². The molecule has 0 saturated carbocycles. The molecule has 5 heteroatoms. The third-order valence-electron chi connectivity index (χ3n) is 3.86. The van der Waals surface area contributed by atoms with Gasteiger partial charge in [-0.15, -0.1) is 0 Å². The Balaban J connectivity index is 1.77. The summed E-state index contributed by atoms with van der Waals surface area (Å²) in [4.78, 5) is 2.32. The molecule has 2 aromatic rings. The average Bonchev–Trinajstić information content (AvgIpc) is 2.90. The van der Waals surface area contributed by atoms with Crippen LogP contribution in [0.4, 0.5) is 0 Å². The van der Waals surface area contributed by atoms with Gasteiger partial charge in [0.1, 0.15) is 23.6 Å². The third kappa shape index (κ3) is 3.24. The molecule has 2 heterocycles. The van der Waals surface area contributed by atoms with Crippen molar-refractivity contribution in [2.45, 2.75) is 25.6 Å². The highest BCUT2D eigenvalue weighted by Crippen LogP contribution is 2.29. The molecule has 2 unspecified atom stereocenters. The van der Waals surface area contributed by atoms with Crippen molar-refractivity contribution in [3.8, 4) is 0 Å². The van der Waals surface area contributed by atoms with Crippen LogP contribution < -0.4 is 0 Å². The van der Waals surface area contributed by atoms with E-state index in [9.17, 15) is 5.11 Å². The molecule has 114 valence electrons. The zero-order chi connectivity index (χ0) is 14.8. The molecule has 1 aliphatic rings. The first-order valence-electron chi connectivity index (χ1n) is 7.38. The summed E-state index contributed by atoms with van der Waals surface area (Å²) in [5.41, 5.74) is 0.731. The van der Waals surface area contributed by atoms with Crippen molar-refractivity contribution in [1.82, 2.24) is 4.90 Å². The second-order valence-electron chi connectivity index (χ2n) is 5.49. The quantitative estimate of drug-likeness (QED) is 0.942. The molecule has 0 radical (unpaired) electrons. The van der Waals surface area contributed by atoms with Crippen LogP contribution in [-0.4, -0.2) is 42.4 Å². The first-order valence-corrected chi connectivity index (χ1v) is 7.76. The second-order valence-corrected chi connectivity index (χ2v) is 5.92. The van der Waals surface area contributed by atoms with Crippen LogP contribution in [0.1, 0.15) is 25.2 Å². The molecule has 0 bridgehead atoms. The fourth-order valence-electron chi connectivity index (χ4n) is 2.81. The van der Waals surface area contributed by atoms with E-state index in [-0.39, 0.29) is 6.10 Å². The van der Waals surface area contributed by atoms with Crippen LogP contribution in [0.2, 0.25) is 5.02 Å². The zero-order valence-electron chi connectivity index (χ0n) is 12.1. The Morgan fingerprint density at radius 2 is 2.29 bits per heavy atom. The number of rotatable bonds is 4. The minimum Gasteiger partial charge on any atom is -0.458 e. The van der Waals surface area contributed by atoms with Gasteiger partial charge < -0.3 is 14.3 Å². The number of halogens is 1. The number of hydrogen-bond donors (Lipinski definition) is 1. The zero-order valence-corrected chi connectivity index (χ0v) is 12.8. The van der Waals surface area contributed by atoms with E-state index in [1.54, 1.807) is 6.07 Å². The summed E-state index contributed by atoms with van der Waals surface area (Å²) in [6.45, 7) is 5.49. The Labute approximate surface area is 129 Å². The summed E-state index contributed by atoms with van der Waals surface area (Å²) < 4.78 is 11.4. The van der Waals surface area contributed by atoms with Crippen molar-refractivity contribution in [2.24, 2.45) is 0 Å². The maximum absolute atomic E-state index is 10.5. The molecule has 0 aliphatic carbocycles. The Hall–Kier alpha value is -1.07. The lowest BCUT2D eigenvalue weighted by molar-refractivity contribution is -0.0950. The maximum atomic E-state index is 10.5. The van der Waals surface area contributed by atoms with Gasteiger partial charge in [-0.25, -0.2) is 0 Å². The molecule has 1 aromatic heterocycles. The molecule has 3 rings (SSSR count). The number of benzene rings is 1. The van der Waals surface area contributed by atoms with Crippen molar-refractivity contribution in [3.05, 3.63) is 35.0 Å². The van der Waals surface area contributed by atoms with Gasteiger partial charge in [-0.05, 0) is 37.2 Å². The van der Waals surface area contributed by atoms with Gasteiger partial charge in [-0.2, -0.15) is 0 Å². The molecule has 0 amide bonds. The lowest BCUT2D eigenvalue weighted by Gasteiger charge is -2.34. The molecule has 1 saturated heterocycles. The van der Waals surface area contributed by atoms with Gasteiger partial charge in [0.2, 0.25) is 0 Å². The lowest BCUT2D eigenvalue weighted by atomic mass is 10.1. The van der Waals surface area contributed by atoms with E-state index in [2.05, 4.69) is 11.8 Å². The largest absolute Gasteiger partial charge is 0.458 e. The highest BCUT2D eigenvalue weighted by Gasteiger charge is 2.29. The summed E-state index contributed by atoms with van der Waals surface area (Å²) >= 11 is 5.97. The monoisotopic (exact) mass is 309 g/mol. The Bertz CT molecular complexity index is 611. The van der Waals surface area contributed by atoms with Gasteiger partial charge in [-0.3, -0.25) is 4.90 Å². The minimum atomic E-state index is -0.754. The average molecular weight is 310 g/mol. The molecule has 21 heavy (non-hydrogen) atoms. The third-order valence-corrected chi connectivity index (χ3v) is 4.09.